The minimum absolute atomic E-state index is 0.113. The lowest BCUT2D eigenvalue weighted by Crippen LogP contribution is -2.41. The molecule has 2 atom stereocenters. The normalized spacial score (nSPS) is 13.8. The van der Waals surface area contributed by atoms with Crippen molar-refractivity contribution in [3.8, 4) is 34.1 Å². The van der Waals surface area contributed by atoms with Gasteiger partial charge in [-0.1, -0.05) is 6.07 Å². The number of benzene rings is 1. The number of aryl methyl sites for hydroxylation is 1. The molecule has 38 heavy (non-hydrogen) atoms. The van der Waals surface area contributed by atoms with Gasteiger partial charge in [0.1, 0.15) is 28.5 Å². The summed E-state index contributed by atoms with van der Waals surface area (Å²) in [6.07, 6.45) is 2.25. The van der Waals surface area contributed by atoms with Crippen molar-refractivity contribution < 1.29 is 22.3 Å². The first-order chi connectivity index (χ1) is 18.0. The summed E-state index contributed by atoms with van der Waals surface area (Å²) in [6.45, 7) is 4.04. The van der Waals surface area contributed by atoms with Gasteiger partial charge in [0.2, 0.25) is 16.0 Å². The molecule has 1 N–H and O–H groups in total. The number of nitrogens with zero attached hydrogens (tertiary/aromatic N) is 7. The number of alkyl halides is 1. The maximum atomic E-state index is 15.9. The van der Waals surface area contributed by atoms with Crippen molar-refractivity contribution >= 4 is 27.3 Å². The molecule has 3 aromatic heterocycles. The number of methoxy groups -OCH3 is 2. The van der Waals surface area contributed by atoms with Crippen molar-refractivity contribution in [1.82, 2.24) is 29.7 Å². The summed E-state index contributed by atoms with van der Waals surface area (Å²) in [4.78, 5) is 12.1. The molecule has 0 fully saturated rings. The van der Waals surface area contributed by atoms with E-state index in [-0.39, 0.29) is 23.2 Å². The van der Waals surface area contributed by atoms with Crippen LogP contribution >= 0.6 is 11.3 Å². The molecule has 3 heterocycles. The molecule has 1 unspecified atom stereocenters. The number of thiazole rings is 1. The van der Waals surface area contributed by atoms with Gasteiger partial charge in [-0.25, -0.2) is 27.8 Å². The van der Waals surface area contributed by atoms with E-state index in [1.165, 1.54) is 37.0 Å². The van der Waals surface area contributed by atoms with Gasteiger partial charge < -0.3 is 9.47 Å². The van der Waals surface area contributed by atoms with E-state index in [9.17, 15) is 8.42 Å². The van der Waals surface area contributed by atoms with Crippen LogP contribution in [0.25, 0.3) is 16.5 Å². The number of aromatic nitrogens is 6. The van der Waals surface area contributed by atoms with Crippen molar-refractivity contribution in [3.63, 3.8) is 0 Å². The maximum absolute atomic E-state index is 15.9. The topological polar surface area (TPSA) is 158 Å². The molecular formula is C23H23FN8O4S2. The molecule has 0 aliphatic carbocycles. The quantitative estimate of drug-likeness (QED) is 0.323. The molecule has 4 rings (SSSR count). The summed E-state index contributed by atoms with van der Waals surface area (Å²) in [5.41, 5.74) is -1.36. The first-order valence-electron chi connectivity index (χ1n) is 11.1. The highest BCUT2D eigenvalue weighted by Crippen LogP contribution is 2.39. The Bertz CT molecular complexity index is 1590. The second-order valence-electron chi connectivity index (χ2n) is 8.26. The van der Waals surface area contributed by atoms with E-state index in [2.05, 4.69) is 29.9 Å². The van der Waals surface area contributed by atoms with Crippen LogP contribution in [0, 0.1) is 18.3 Å². The average molecular weight is 559 g/mol. The van der Waals surface area contributed by atoms with E-state index >= 15 is 4.39 Å². The number of hydrogen-bond acceptors (Lipinski definition) is 11. The lowest BCUT2D eigenvalue weighted by molar-refractivity contribution is 0.175. The predicted octanol–water partition coefficient (Wildman–Crippen LogP) is 3.39. The van der Waals surface area contributed by atoms with Crippen molar-refractivity contribution in [2.24, 2.45) is 0 Å². The Morgan fingerprint density at radius 3 is 2.34 bits per heavy atom. The van der Waals surface area contributed by atoms with Crippen LogP contribution in [0.3, 0.4) is 0 Å². The standard InChI is InChI=1S/C23H23FN8O4S2/c1-13-12-37-20(28-13)19-29-30-22(32(19)18-16(35-4)7-6-8-17(18)36-5)31-38(33,34)14(2)23(3,24)21-26-10-15(9-25)11-27-21/h6-8,10-12,14H,1-5H3,(H,30,31)/t14-,23?/m0/s1. The van der Waals surface area contributed by atoms with E-state index in [1.807, 2.05) is 18.4 Å². The monoisotopic (exact) mass is 558 g/mol. The Labute approximate surface area is 222 Å². The first-order valence-corrected chi connectivity index (χ1v) is 13.5. The zero-order valence-electron chi connectivity index (χ0n) is 21.0. The number of para-hydroxylation sites is 1. The highest BCUT2D eigenvalue weighted by Gasteiger charge is 2.45. The third-order valence-corrected chi connectivity index (χ3v) is 8.58. The van der Waals surface area contributed by atoms with Crippen molar-refractivity contribution in [3.05, 3.63) is 53.1 Å². The first kappa shape index (κ1) is 26.9. The molecule has 0 spiro atoms. The lowest BCUT2D eigenvalue weighted by atomic mass is 10.0. The van der Waals surface area contributed by atoms with Gasteiger partial charge in [0.25, 0.3) is 0 Å². The molecule has 0 amide bonds. The van der Waals surface area contributed by atoms with E-state index in [0.717, 1.165) is 25.0 Å². The number of rotatable bonds is 9. The fourth-order valence-corrected chi connectivity index (χ4v) is 5.56. The average Bonchev–Trinajstić information content (AvgIpc) is 3.52. The van der Waals surface area contributed by atoms with Crippen LogP contribution in [0.2, 0.25) is 0 Å². The Hall–Kier alpha value is -4.16. The van der Waals surface area contributed by atoms with Crippen LogP contribution in [0.15, 0.2) is 36.0 Å². The smallest absolute Gasteiger partial charge is 0.243 e. The van der Waals surface area contributed by atoms with Gasteiger partial charge in [-0.05, 0) is 32.9 Å². The summed E-state index contributed by atoms with van der Waals surface area (Å²) in [7, 11) is -1.56. The summed E-state index contributed by atoms with van der Waals surface area (Å²) < 4.78 is 57.6. The summed E-state index contributed by atoms with van der Waals surface area (Å²) >= 11 is 1.29. The van der Waals surface area contributed by atoms with Crippen LogP contribution < -0.4 is 14.2 Å². The zero-order valence-corrected chi connectivity index (χ0v) is 22.6. The summed E-state index contributed by atoms with van der Waals surface area (Å²) in [5.74, 6) is 0.275. The summed E-state index contributed by atoms with van der Waals surface area (Å²) in [6, 6.07) is 6.87. The minimum atomic E-state index is -4.46. The van der Waals surface area contributed by atoms with Gasteiger partial charge in [-0.3, -0.25) is 9.29 Å². The van der Waals surface area contributed by atoms with Crippen LogP contribution in [0.1, 0.15) is 30.9 Å². The molecule has 15 heteroatoms. The molecule has 0 aliphatic heterocycles. The molecule has 12 nitrogen and oxygen atoms in total. The van der Waals surface area contributed by atoms with Gasteiger partial charge in [0, 0.05) is 23.5 Å². The van der Waals surface area contributed by atoms with Crippen molar-refractivity contribution in [1.29, 1.82) is 5.26 Å². The van der Waals surface area contributed by atoms with E-state index in [4.69, 9.17) is 14.7 Å². The highest BCUT2D eigenvalue weighted by molar-refractivity contribution is 7.93. The van der Waals surface area contributed by atoms with Crippen molar-refractivity contribution in [2.75, 3.05) is 18.9 Å². The molecule has 0 aliphatic rings. The van der Waals surface area contributed by atoms with Gasteiger partial charge >= 0.3 is 0 Å². The van der Waals surface area contributed by atoms with E-state index in [0.29, 0.717) is 22.2 Å². The zero-order chi connectivity index (χ0) is 27.7. The molecule has 0 radical (unpaired) electrons. The molecule has 198 valence electrons. The van der Waals surface area contributed by atoms with Crippen LogP contribution in [0.4, 0.5) is 10.3 Å². The Kier molecular flexibility index (Phi) is 7.29. The van der Waals surface area contributed by atoms with Gasteiger partial charge in [-0.15, -0.1) is 21.5 Å². The lowest BCUT2D eigenvalue weighted by Gasteiger charge is -2.26. The Morgan fingerprint density at radius 1 is 1.18 bits per heavy atom. The number of nitriles is 1. The maximum Gasteiger partial charge on any atom is 0.243 e. The van der Waals surface area contributed by atoms with Gasteiger partial charge in [0.15, 0.2) is 22.3 Å². The molecular weight excluding hydrogens is 535 g/mol. The number of nitrogens with one attached hydrogen (secondary N) is 1. The van der Waals surface area contributed by atoms with Gasteiger partial charge in [0.05, 0.1) is 19.8 Å². The SMILES string of the molecule is COc1cccc(OC)c1-n1c(NS(=O)(=O)[C@@H](C)C(C)(F)c2ncc(C#N)cn2)nnc1-c1nc(C)cs1. The summed E-state index contributed by atoms with van der Waals surface area (Å²) in [5, 5.41) is 17.8. The van der Waals surface area contributed by atoms with Crippen molar-refractivity contribution in [2.45, 2.75) is 31.7 Å². The Balaban J connectivity index is 1.83. The molecule has 1 aromatic carbocycles. The van der Waals surface area contributed by atoms with Crippen LogP contribution in [-0.4, -0.2) is 57.6 Å². The third kappa shape index (κ3) is 4.87. The largest absolute Gasteiger partial charge is 0.494 e. The molecule has 0 saturated heterocycles. The fourth-order valence-electron chi connectivity index (χ4n) is 3.54. The second kappa shape index (κ2) is 10.3. The Morgan fingerprint density at radius 2 is 1.82 bits per heavy atom. The number of hydrogen-bond donors (Lipinski definition) is 1. The van der Waals surface area contributed by atoms with Crippen LogP contribution in [0.5, 0.6) is 11.5 Å². The minimum Gasteiger partial charge on any atom is -0.494 e. The third-order valence-electron chi connectivity index (χ3n) is 5.78. The number of halogens is 1. The predicted molar refractivity (Wildman–Crippen MR) is 138 cm³/mol. The number of anilines is 1. The molecule has 4 aromatic rings. The van der Waals surface area contributed by atoms with E-state index in [1.54, 1.807) is 18.2 Å². The molecule has 0 bridgehead atoms. The van der Waals surface area contributed by atoms with Crippen LogP contribution in [-0.2, 0) is 15.7 Å². The number of sulfonamides is 1. The van der Waals surface area contributed by atoms with E-state index < -0.39 is 20.9 Å². The number of ether oxygens (including phenoxy) is 2. The fraction of sp³-hybridized carbons (Fsp3) is 0.304. The highest BCUT2D eigenvalue weighted by atomic mass is 32.2. The molecule has 0 saturated carbocycles. The second-order valence-corrected chi connectivity index (χ2v) is 11.1. The van der Waals surface area contributed by atoms with Gasteiger partial charge in [-0.2, -0.15) is 5.26 Å².